The van der Waals surface area contributed by atoms with E-state index in [-0.39, 0.29) is 0 Å². The molecule has 2 aromatic rings. The predicted octanol–water partition coefficient (Wildman–Crippen LogP) is 2.89. The molecule has 0 spiro atoms. The Bertz CT molecular complexity index is 518. The molecule has 1 aromatic heterocycles. The molecule has 0 saturated carbocycles. The first-order valence-electron chi connectivity index (χ1n) is 5.93. The fourth-order valence-electron chi connectivity index (χ4n) is 2.39. The van der Waals surface area contributed by atoms with Gasteiger partial charge in [0.25, 0.3) is 0 Å². The second-order valence-electron chi connectivity index (χ2n) is 4.57. The van der Waals surface area contributed by atoms with E-state index >= 15 is 0 Å². The van der Waals surface area contributed by atoms with Gasteiger partial charge in [-0.2, -0.15) is 0 Å². The number of hydrogen-bond donors (Lipinski definition) is 1. The summed E-state index contributed by atoms with van der Waals surface area (Å²) in [5, 5.41) is 2.20. The minimum Gasteiger partial charge on any atom is -0.399 e. The molecule has 1 aliphatic heterocycles. The minimum atomic E-state index is 0.857. The standard InChI is InChI=1S/C14H16N2S/c15-13-3-1-2-11(8-13)9-16-6-4-14-12(10-16)5-7-17-14/h1-3,5,7-8H,4,6,9-10,15H2. The van der Waals surface area contributed by atoms with Gasteiger partial charge >= 0.3 is 0 Å². The Morgan fingerprint density at radius 1 is 1.29 bits per heavy atom. The minimum absolute atomic E-state index is 0.857. The van der Waals surface area contributed by atoms with Crippen molar-refractivity contribution >= 4 is 17.0 Å². The zero-order chi connectivity index (χ0) is 11.7. The maximum Gasteiger partial charge on any atom is 0.0317 e. The normalized spacial score (nSPS) is 15.8. The molecule has 2 heterocycles. The van der Waals surface area contributed by atoms with Gasteiger partial charge in [0, 0.05) is 30.2 Å². The Balaban J connectivity index is 1.72. The molecular formula is C14H16N2S. The molecular weight excluding hydrogens is 228 g/mol. The molecule has 0 saturated heterocycles. The molecule has 0 radical (unpaired) electrons. The van der Waals surface area contributed by atoms with Crippen LogP contribution in [0.1, 0.15) is 16.0 Å². The van der Waals surface area contributed by atoms with Gasteiger partial charge in [-0.1, -0.05) is 12.1 Å². The summed E-state index contributed by atoms with van der Waals surface area (Å²) in [5.41, 5.74) is 9.48. The summed E-state index contributed by atoms with van der Waals surface area (Å²) in [6, 6.07) is 10.5. The molecule has 0 unspecified atom stereocenters. The average molecular weight is 244 g/mol. The van der Waals surface area contributed by atoms with Crippen molar-refractivity contribution in [3.63, 3.8) is 0 Å². The first-order chi connectivity index (χ1) is 8.31. The fourth-order valence-corrected chi connectivity index (χ4v) is 3.28. The van der Waals surface area contributed by atoms with E-state index in [2.05, 4.69) is 28.5 Å². The molecule has 1 aliphatic rings. The monoisotopic (exact) mass is 244 g/mol. The van der Waals surface area contributed by atoms with Crippen molar-refractivity contribution in [3.8, 4) is 0 Å². The Labute approximate surface area is 106 Å². The highest BCUT2D eigenvalue weighted by Crippen LogP contribution is 2.25. The molecule has 2 N–H and O–H groups in total. The van der Waals surface area contributed by atoms with Crippen molar-refractivity contribution in [1.29, 1.82) is 0 Å². The molecule has 0 atom stereocenters. The molecule has 2 nitrogen and oxygen atoms in total. The molecule has 3 heteroatoms. The lowest BCUT2D eigenvalue weighted by Gasteiger charge is -2.26. The quantitative estimate of drug-likeness (QED) is 0.823. The van der Waals surface area contributed by atoms with Gasteiger partial charge < -0.3 is 5.73 Å². The van der Waals surface area contributed by atoms with Crippen LogP contribution in [0.2, 0.25) is 0 Å². The summed E-state index contributed by atoms with van der Waals surface area (Å²) in [5.74, 6) is 0. The number of rotatable bonds is 2. The second kappa shape index (κ2) is 4.51. The molecule has 1 aromatic carbocycles. The zero-order valence-corrected chi connectivity index (χ0v) is 10.5. The highest BCUT2D eigenvalue weighted by atomic mass is 32.1. The van der Waals surface area contributed by atoms with Crippen LogP contribution in [0.3, 0.4) is 0 Å². The number of nitrogens with zero attached hydrogens (tertiary/aromatic N) is 1. The maximum absolute atomic E-state index is 5.81. The summed E-state index contributed by atoms with van der Waals surface area (Å²) in [7, 11) is 0. The summed E-state index contributed by atoms with van der Waals surface area (Å²) in [6.45, 7) is 3.23. The number of nitrogens with two attached hydrogens (primary N) is 1. The van der Waals surface area contributed by atoms with Crippen molar-refractivity contribution in [3.05, 3.63) is 51.7 Å². The van der Waals surface area contributed by atoms with Crippen LogP contribution < -0.4 is 5.73 Å². The van der Waals surface area contributed by atoms with E-state index < -0.39 is 0 Å². The van der Waals surface area contributed by atoms with Crippen LogP contribution in [-0.2, 0) is 19.5 Å². The lowest BCUT2D eigenvalue weighted by molar-refractivity contribution is 0.247. The highest BCUT2D eigenvalue weighted by Gasteiger charge is 2.16. The van der Waals surface area contributed by atoms with E-state index in [9.17, 15) is 0 Å². The van der Waals surface area contributed by atoms with Crippen LogP contribution in [0.15, 0.2) is 35.7 Å². The highest BCUT2D eigenvalue weighted by molar-refractivity contribution is 7.10. The summed E-state index contributed by atoms with van der Waals surface area (Å²) < 4.78 is 0. The summed E-state index contributed by atoms with van der Waals surface area (Å²) >= 11 is 1.89. The van der Waals surface area contributed by atoms with Crippen molar-refractivity contribution < 1.29 is 0 Å². The van der Waals surface area contributed by atoms with Gasteiger partial charge in [-0.05, 0) is 41.1 Å². The Hall–Kier alpha value is -1.32. The SMILES string of the molecule is Nc1cccc(CN2CCc3sccc3C2)c1. The van der Waals surface area contributed by atoms with E-state index in [1.807, 2.05) is 23.5 Å². The molecule has 0 amide bonds. The van der Waals surface area contributed by atoms with Gasteiger partial charge in [-0.15, -0.1) is 11.3 Å². The van der Waals surface area contributed by atoms with Gasteiger partial charge in [-0.3, -0.25) is 4.90 Å². The molecule has 17 heavy (non-hydrogen) atoms. The first-order valence-corrected chi connectivity index (χ1v) is 6.81. The number of hydrogen-bond acceptors (Lipinski definition) is 3. The zero-order valence-electron chi connectivity index (χ0n) is 9.73. The molecule has 0 aliphatic carbocycles. The van der Waals surface area contributed by atoms with Crippen molar-refractivity contribution in [1.82, 2.24) is 4.90 Å². The van der Waals surface area contributed by atoms with E-state index in [1.54, 1.807) is 4.88 Å². The third-order valence-corrected chi connectivity index (χ3v) is 4.27. The largest absolute Gasteiger partial charge is 0.399 e. The summed E-state index contributed by atoms with van der Waals surface area (Å²) in [6.07, 6.45) is 1.19. The first kappa shape index (κ1) is 10.8. The Morgan fingerprint density at radius 3 is 3.12 bits per heavy atom. The van der Waals surface area contributed by atoms with Crippen LogP contribution in [0.5, 0.6) is 0 Å². The van der Waals surface area contributed by atoms with E-state index in [0.29, 0.717) is 0 Å². The van der Waals surface area contributed by atoms with Gasteiger partial charge in [-0.25, -0.2) is 0 Å². The summed E-state index contributed by atoms with van der Waals surface area (Å²) in [4.78, 5) is 4.05. The second-order valence-corrected chi connectivity index (χ2v) is 5.58. The number of benzene rings is 1. The van der Waals surface area contributed by atoms with Gasteiger partial charge in [0.1, 0.15) is 0 Å². The topological polar surface area (TPSA) is 29.3 Å². The molecule has 3 rings (SSSR count). The van der Waals surface area contributed by atoms with Crippen molar-refractivity contribution in [2.75, 3.05) is 12.3 Å². The maximum atomic E-state index is 5.81. The lowest BCUT2D eigenvalue weighted by atomic mass is 10.1. The Morgan fingerprint density at radius 2 is 2.24 bits per heavy atom. The van der Waals surface area contributed by atoms with Crippen molar-refractivity contribution in [2.24, 2.45) is 0 Å². The number of thiophene rings is 1. The van der Waals surface area contributed by atoms with Crippen LogP contribution in [0.4, 0.5) is 5.69 Å². The smallest absolute Gasteiger partial charge is 0.0317 e. The Kier molecular flexibility index (Phi) is 2.87. The van der Waals surface area contributed by atoms with E-state index in [0.717, 1.165) is 25.3 Å². The van der Waals surface area contributed by atoms with Crippen LogP contribution in [0.25, 0.3) is 0 Å². The fraction of sp³-hybridized carbons (Fsp3) is 0.286. The van der Waals surface area contributed by atoms with Gasteiger partial charge in [0.15, 0.2) is 0 Å². The lowest BCUT2D eigenvalue weighted by Crippen LogP contribution is -2.29. The van der Waals surface area contributed by atoms with E-state index in [1.165, 1.54) is 17.5 Å². The van der Waals surface area contributed by atoms with Crippen molar-refractivity contribution in [2.45, 2.75) is 19.5 Å². The van der Waals surface area contributed by atoms with Crippen LogP contribution in [0, 0.1) is 0 Å². The van der Waals surface area contributed by atoms with Crippen LogP contribution >= 0.6 is 11.3 Å². The average Bonchev–Trinajstić information content (AvgIpc) is 2.76. The molecule has 0 fully saturated rings. The number of anilines is 1. The molecule has 0 bridgehead atoms. The van der Waals surface area contributed by atoms with E-state index in [4.69, 9.17) is 5.73 Å². The predicted molar refractivity (Wildman–Crippen MR) is 73.0 cm³/mol. The van der Waals surface area contributed by atoms with Gasteiger partial charge in [0.05, 0.1) is 0 Å². The van der Waals surface area contributed by atoms with Gasteiger partial charge in [0.2, 0.25) is 0 Å². The third-order valence-electron chi connectivity index (χ3n) is 3.24. The number of nitrogen functional groups attached to an aromatic ring is 1. The molecule has 88 valence electrons. The van der Waals surface area contributed by atoms with Crippen LogP contribution in [-0.4, -0.2) is 11.4 Å². The third kappa shape index (κ3) is 2.35. The number of fused-ring (bicyclic) bond motifs is 1.